The van der Waals surface area contributed by atoms with Crippen molar-refractivity contribution in [1.29, 1.82) is 0 Å². The fraction of sp³-hybridized carbons (Fsp3) is 0.353. The van der Waals surface area contributed by atoms with Crippen molar-refractivity contribution in [3.63, 3.8) is 0 Å². The molecule has 100 valence electrons. The molecule has 0 fully saturated rings. The van der Waals surface area contributed by atoms with Gasteiger partial charge in [0.05, 0.1) is 11.7 Å². The van der Waals surface area contributed by atoms with Crippen molar-refractivity contribution >= 4 is 0 Å². The summed E-state index contributed by atoms with van der Waals surface area (Å²) in [6.45, 7) is 8.52. The van der Waals surface area contributed by atoms with E-state index in [0.29, 0.717) is 0 Å². The van der Waals surface area contributed by atoms with Crippen LogP contribution in [-0.4, -0.2) is 4.98 Å². The third-order valence-electron chi connectivity index (χ3n) is 3.82. The molecule has 0 aliphatic rings. The SMILES string of the molecule is CCc1cccnc1C(N)c1cc(C)c(C)cc1C. The molecule has 1 heterocycles. The van der Waals surface area contributed by atoms with E-state index in [1.807, 2.05) is 12.3 Å². The predicted octanol–water partition coefficient (Wildman–Crippen LogP) is 3.62. The summed E-state index contributed by atoms with van der Waals surface area (Å²) in [5, 5.41) is 0. The van der Waals surface area contributed by atoms with E-state index in [0.717, 1.165) is 12.1 Å². The Kier molecular flexibility index (Phi) is 4.01. The Hall–Kier alpha value is -1.67. The van der Waals surface area contributed by atoms with E-state index in [9.17, 15) is 0 Å². The molecule has 0 amide bonds. The summed E-state index contributed by atoms with van der Waals surface area (Å²) in [6, 6.07) is 8.35. The van der Waals surface area contributed by atoms with Crippen LogP contribution < -0.4 is 5.73 Å². The van der Waals surface area contributed by atoms with Crippen LogP contribution in [-0.2, 0) is 6.42 Å². The first-order chi connectivity index (χ1) is 9.04. The van der Waals surface area contributed by atoms with Gasteiger partial charge in [0.1, 0.15) is 0 Å². The van der Waals surface area contributed by atoms with Crippen molar-refractivity contribution in [3.05, 3.63) is 64.0 Å². The van der Waals surface area contributed by atoms with Crippen molar-refractivity contribution < 1.29 is 0 Å². The molecule has 2 heteroatoms. The molecule has 2 nitrogen and oxygen atoms in total. The van der Waals surface area contributed by atoms with Gasteiger partial charge in [-0.3, -0.25) is 4.98 Å². The lowest BCUT2D eigenvalue weighted by molar-refractivity contribution is 0.797. The van der Waals surface area contributed by atoms with Gasteiger partial charge in [0.15, 0.2) is 0 Å². The van der Waals surface area contributed by atoms with Gasteiger partial charge in [0, 0.05) is 6.20 Å². The maximum Gasteiger partial charge on any atom is 0.0731 e. The van der Waals surface area contributed by atoms with Crippen LogP contribution in [0.15, 0.2) is 30.5 Å². The summed E-state index contributed by atoms with van der Waals surface area (Å²) < 4.78 is 0. The van der Waals surface area contributed by atoms with Crippen molar-refractivity contribution in [2.24, 2.45) is 5.73 Å². The van der Waals surface area contributed by atoms with Gasteiger partial charge in [-0.1, -0.05) is 25.1 Å². The molecule has 2 aromatic rings. The zero-order valence-corrected chi connectivity index (χ0v) is 12.2. The predicted molar refractivity (Wildman–Crippen MR) is 80.3 cm³/mol. The maximum atomic E-state index is 6.45. The fourth-order valence-corrected chi connectivity index (χ4v) is 2.50. The topological polar surface area (TPSA) is 38.9 Å². The normalized spacial score (nSPS) is 12.5. The van der Waals surface area contributed by atoms with Crippen LogP contribution >= 0.6 is 0 Å². The molecule has 0 bridgehead atoms. The number of pyridine rings is 1. The quantitative estimate of drug-likeness (QED) is 0.908. The van der Waals surface area contributed by atoms with Crippen molar-refractivity contribution in [2.45, 2.75) is 40.2 Å². The molecule has 2 rings (SSSR count). The molecule has 1 atom stereocenters. The van der Waals surface area contributed by atoms with Crippen molar-refractivity contribution in [3.8, 4) is 0 Å². The average molecular weight is 254 g/mol. The van der Waals surface area contributed by atoms with Crippen LogP contribution in [0.2, 0.25) is 0 Å². The first kappa shape index (κ1) is 13.8. The smallest absolute Gasteiger partial charge is 0.0731 e. The third-order valence-corrected chi connectivity index (χ3v) is 3.82. The van der Waals surface area contributed by atoms with Crippen LogP contribution in [0.4, 0.5) is 0 Å². The van der Waals surface area contributed by atoms with Gasteiger partial charge in [0.25, 0.3) is 0 Å². The highest BCUT2D eigenvalue weighted by atomic mass is 14.8. The van der Waals surface area contributed by atoms with Crippen LogP contribution in [0.5, 0.6) is 0 Å². The molecule has 0 aliphatic heterocycles. The van der Waals surface area contributed by atoms with E-state index < -0.39 is 0 Å². The molecule has 2 N–H and O–H groups in total. The second-order valence-corrected chi connectivity index (χ2v) is 5.17. The van der Waals surface area contributed by atoms with Crippen LogP contribution in [0, 0.1) is 20.8 Å². The largest absolute Gasteiger partial charge is 0.319 e. The number of benzene rings is 1. The highest BCUT2D eigenvalue weighted by Crippen LogP contribution is 2.26. The summed E-state index contributed by atoms with van der Waals surface area (Å²) in [5.74, 6) is 0. The summed E-state index contributed by atoms with van der Waals surface area (Å²) in [6.07, 6.45) is 2.78. The van der Waals surface area contributed by atoms with E-state index in [-0.39, 0.29) is 6.04 Å². The van der Waals surface area contributed by atoms with Crippen LogP contribution in [0.3, 0.4) is 0 Å². The van der Waals surface area contributed by atoms with Gasteiger partial charge >= 0.3 is 0 Å². The molecule has 0 spiro atoms. The van der Waals surface area contributed by atoms with E-state index >= 15 is 0 Å². The Morgan fingerprint density at radius 1 is 1.11 bits per heavy atom. The number of hydrogen-bond donors (Lipinski definition) is 1. The Morgan fingerprint density at radius 3 is 2.47 bits per heavy atom. The monoisotopic (exact) mass is 254 g/mol. The highest BCUT2D eigenvalue weighted by molar-refractivity contribution is 5.42. The lowest BCUT2D eigenvalue weighted by Gasteiger charge is -2.18. The van der Waals surface area contributed by atoms with Crippen molar-refractivity contribution in [1.82, 2.24) is 4.98 Å². The van der Waals surface area contributed by atoms with Gasteiger partial charge in [-0.15, -0.1) is 0 Å². The van der Waals surface area contributed by atoms with E-state index in [1.54, 1.807) is 0 Å². The summed E-state index contributed by atoms with van der Waals surface area (Å²) in [5.41, 5.74) is 13.7. The van der Waals surface area contributed by atoms with E-state index in [2.05, 4.69) is 50.9 Å². The lowest BCUT2D eigenvalue weighted by Crippen LogP contribution is -2.17. The summed E-state index contributed by atoms with van der Waals surface area (Å²) >= 11 is 0. The molecule has 0 aliphatic carbocycles. The second kappa shape index (κ2) is 5.54. The van der Waals surface area contributed by atoms with Gasteiger partial charge in [0.2, 0.25) is 0 Å². The molecule has 1 aromatic carbocycles. The maximum absolute atomic E-state index is 6.45. The third kappa shape index (κ3) is 2.69. The van der Waals surface area contributed by atoms with Gasteiger partial charge in [-0.25, -0.2) is 0 Å². The Labute approximate surface area is 115 Å². The van der Waals surface area contributed by atoms with E-state index in [1.165, 1.54) is 27.8 Å². The van der Waals surface area contributed by atoms with Crippen LogP contribution in [0.1, 0.15) is 46.5 Å². The van der Waals surface area contributed by atoms with Crippen molar-refractivity contribution in [2.75, 3.05) is 0 Å². The van der Waals surface area contributed by atoms with Gasteiger partial charge in [-0.2, -0.15) is 0 Å². The van der Waals surface area contributed by atoms with E-state index in [4.69, 9.17) is 5.73 Å². The number of rotatable bonds is 3. The molecule has 1 unspecified atom stereocenters. The lowest BCUT2D eigenvalue weighted by atomic mass is 9.92. The van der Waals surface area contributed by atoms with Gasteiger partial charge < -0.3 is 5.73 Å². The fourth-order valence-electron chi connectivity index (χ4n) is 2.50. The highest BCUT2D eigenvalue weighted by Gasteiger charge is 2.16. The summed E-state index contributed by atoms with van der Waals surface area (Å²) in [4.78, 5) is 4.49. The first-order valence-electron chi connectivity index (χ1n) is 6.81. The zero-order chi connectivity index (χ0) is 14.0. The van der Waals surface area contributed by atoms with Crippen LogP contribution in [0.25, 0.3) is 0 Å². The number of hydrogen-bond acceptors (Lipinski definition) is 2. The molecular formula is C17H22N2. The molecule has 1 aromatic heterocycles. The molecule has 19 heavy (non-hydrogen) atoms. The Bertz CT molecular complexity index is 588. The number of nitrogens with two attached hydrogens (primary N) is 1. The molecule has 0 radical (unpaired) electrons. The zero-order valence-electron chi connectivity index (χ0n) is 12.2. The number of nitrogens with zero attached hydrogens (tertiary/aromatic N) is 1. The molecule has 0 saturated carbocycles. The standard InChI is InChI=1S/C17H22N2/c1-5-14-7-6-8-19-17(14)16(18)15-10-12(3)11(2)9-13(15)4/h6-10,16H,5,18H2,1-4H3. The Morgan fingerprint density at radius 2 is 1.79 bits per heavy atom. The minimum Gasteiger partial charge on any atom is -0.319 e. The number of aromatic nitrogens is 1. The minimum absolute atomic E-state index is 0.143. The molecular weight excluding hydrogens is 232 g/mol. The minimum atomic E-state index is -0.143. The Balaban J connectivity index is 2.50. The van der Waals surface area contributed by atoms with Gasteiger partial charge in [-0.05, 0) is 61.1 Å². The summed E-state index contributed by atoms with van der Waals surface area (Å²) in [7, 11) is 0. The second-order valence-electron chi connectivity index (χ2n) is 5.17. The first-order valence-corrected chi connectivity index (χ1v) is 6.81. The molecule has 0 saturated heterocycles. The number of aryl methyl sites for hydroxylation is 4. The average Bonchev–Trinajstić information content (AvgIpc) is 2.42.